The van der Waals surface area contributed by atoms with Gasteiger partial charge in [0, 0.05) is 32.9 Å². The molecular formula is C59H35NO. The number of fused-ring (bicyclic) bond motifs is 21. The highest BCUT2D eigenvalue weighted by atomic mass is 16.3. The maximum Gasteiger partial charge on any atom is 0.136 e. The van der Waals surface area contributed by atoms with Gasteiger partial charge in [0.05, 0.1) is 11.1 Å². The average Bonchev–Trinajstić information content (AvgIpc) is 3.96. The Balaban J connectivity index is 1.10. The minimum atomic E-state index is -0.454. The van der Waals surface area contributed by atoms with Gasteiger partial charge in [-0.15, -0.1) is 0 Å². The Morgan fingerprint density at radius 2 is 0.836 bits per heavy atom. The molecule has 0 saturated heterocycles. The Bertz CT molecular complexity index is 3760. The first kappa shape index (κ1) is 33.0. The monoisotopic (exact) mass is 773 g/mol. The topological polar surface area (TPSA) is 16.4 Å². The average molecular weight is 774 g/mol. The largest absolute Gasteiger partial charge is 0.456 e. The van der Waals surface area contributed by atoms with E-state index in [1.165, 1.54) is 93.0 Å². The minimum absolute atomic E-state index is 0.454. The SMILES string of the molecule is c1ccc2c(c1)-c1ccccc1C21c2ccccc2-c2ccc(N(c3ccc4ccccc4c3)c3cccc4c5ccc6oc7ccccc7c6c5c5ccccc5c34)cc21. The number of rotatable bonds is 3. The summed E-state index contributed by atoms with van der Waals surface area (Å²) in [5.74, 6) is 0. The summed E-state index contributed by atoms with van der Waals surface area (Å²) in [6.45, 7) is 0. The summed E-state index contributed by atoms with van der Waals surface area (Å²) in [4.78, 5) is 2.52. The second-order valence-corrected chi connectivity index (χ2v) is 16.7. The molecule has 0 atom stereocenters. The van der Waals surface area contributed by atoms with E-state index in [-0.39, 0.29) is 0 Å². The van der Waals surface area contributed by atoms with Gasteiger partial charge in [-0.05, 0) is 125 Å². The second-order valence-electron chi connectivity index (χ2n) is 16.7. The molecule has 0 bridgehead atoms. The molecule has 2 heteroatoms. The lowest BCUT2D eigenvalue weighted by Gasteiger charge is -2.32. The van der Waals surface area contributed by atoms with Gasteiger partial charge in [-0.3, -0.25) is 0 Å². The van der Waals surface area contributed by atoms with Gasteiger partial charge in [-0.1, -0.05) is 164 Å². The standard InChI is InChI=1S/C59H35NO/c1-2-15-37-34-38(29-28-36(37)14-1)60(39-30-31-43-42-18-7-11-25-51(42)59(52(43)35-39)49-23-9-5-16-40(49)41-17-6-10-24-50(41)59)53-26-13-22-45-47-32-33-55-58(48-21-8-12-27-54(48)61-55)57(47)46-20-4-3-19-44(46)56(45)53/h1-35H. The van der Waals surface area contributed by atoms with Crippen molar-refractivity contribution in [3.63, 3.8) is 0 Å². The quantitative estimate of drug-likeness (QED) is 0.166. The highest BCUT2D eigenvalue weighted by Crippen LogP contribution is 2.63. The molecule has 0 amide bonds. The van der Waals surface area contributed by atoms with Crippen LogP contribution in [0, 0.1) is 0 Å². The van der Waals surface area contributed by atoms with Crippen molar-refractivity contribution < 1.29 is 4.42 Å². The van der Waals surface area contributed by atoms with Gasteiger partial charge in [-0.25, -0.2) is 0 Å². The molecule has 1 heterocycles. The van der Waals surface area contributed by atoms with Gasteiger partial charge in [-0.2, -0.15) is 0 Å². The Labute approximate surface area is 352 Å². The lowest BCUT2D eigenvalue weighted by Crippen LogP contribution is -2.26. The third-order valence-electron chi connectivity index (χ3n) is 13.8. The molecule has 0 fully saturated rings. The van der Waals surface area contributed by atoms with Crippen molar-refractivity contribution in [1.29, 1.82) is 0 Å². The molecule has 0 unspecified atom stereocenters. The van der Waals surface area contributed by atoms with Crippen LogP contribution >= 0.6 is 0 Å². The van der Waals surface area contributed by atoms with Crippen molar-refractivity contribution in [2.24, 2.45) is 0 Å². The molecule has 2 nitrogen and oxygen atoms in total. The molecule has 14 rings (SSSR count). The van der Waals surface area contributed by atoms with Gasteiger partial charge in [0.25, 0.3) is 0 Å². The summed E-state index contributed by atoms with van der Waals surface area (Å²) in [6.07, 6.45) is 0. The van der Waals surface area contributed by atoms with E-state index in [2.05, 4.69) is 217 Å². The van der Waals surface area contributed by atoms with Crippen LogP contribution in [-0.2, 0) is 5.41 Å². The third-order valence-corrected chi connectivity index (χ3v) is 13.8. The summed E-state index contributed by atoms with van der Waals surface area (Å²) in [7, 11) is 0. The van der Waals surface area contributed by atoms with Gasteiger partial charge < -0.3 is 9.32 Å². The summed E-state index contributed by atoms with van der Waals surface area (Å²) >= 11 is 0. The summed E-state index contributed by atoms with van der Waals surface area (Å²) in [5, 5.41) is 12.1. The normalized spacial score (nSPS) is 13.4. The van der Waals surface area contributed by atoms with Crippen LogP contribution in [0.4, 0.5) is 17.1 Å². The van der Waals surface area contributed by atoms with Crippen molar-refractivity contribution in [2.45, 2.75) is 5.41 Å². The predicted molar refractivity (Wildman–Crippen MR) is 255 cm³/mol. The number of para-hydroxylation sites is 1. The zero-order valence-electron chi connectivity index (χ0n) is 33.1. The zero-order valence-corrected chi connectivity index (χ0v) is 33.1. The maximum absolute atomic E-state index is 6.47. The van der Waals surface area contributed by atoms with Crippen molar-refractivity contribution >= 4 is 82.1 Å². The van der Waals surface area contributed by atoms with Gasteiger partial charge >= 0.3 is 0 Å². The molecule has 1 spiro atoms. The molecule has 0 radical (unpaired) electrons. The Morgan fingerprint density at radius 3 is 1.56 bits per heavy atom. The summed E-state index contributed by atoms with van der Waals surface area (Å²) in [6, 6.07) is 78.7. The number of nitrogens with zero attached hydrogens (tertiary/aromatic N) is 1. The molecule has 2 aliphatic rings. The predicted octanol–water partition coefficient (Wildman–Crippen LogP) is 16.0. The summed E-state index contributed by atoms with van der Waals surface area (Å²) < 4.78 is 6.47. The third kappa shape index (κ3) is 4.26. The molecule has 61 heavy (non-hydrogen) atoms. The maximum atomic E-state index is 6.47. The molecule has 2 aliphatic carbocycles. The number of benzene rings is 11. The van der Waals surface area contributed by atoms with Crippen molar-refractivity contribution in [1.82, 2.24) is 0 Å². The van der Waals surface area contributed by atoms with Gasteiger partial charge in [0.1, 0.15) is 11.2 Å². The van der Waals surface area contributed by atoms with Crippen LogP contribution < -0.4 is 4.90 Å². The highest BCUT2D eigenvalue weighted by molar-refractivity contribution is 6.36. The van der Waals surface area contributed by atoms with E-state index >= 15 is 0 Å². The minimum Gasteiger partial charge on any atom is -0.456 e. The molecule has 0 N–H and O–H groups in total. The van der Waals surface area contributed by atoms with E-state index in [0.29, 0.717) is 0 Å². The van der Waals surface area contributed by atoms with Crippen LogP contribution in [0.3, 0.4) is 0 Å². The van der Waals surface area contributed by atoms with Crippen LogP contribution in [0.1, 0.15) is 22.3 Å². The lowest BCUT2D eigenvalue weighted by molar-refractivity contribution is 0.669. The van der Waals surface area contributed by atoms with E-state index in [9.17, 15) is 0 Å². The summed E-state index contributed by atoms with van der Waals surface area (Å²) in [5.41, 5.74) is 15.3. The lowest BCUT2D eigenvalue weighted by atomic mass is 9.70. The van der Waals surface area contributed by atoms with E-state index in [1.54, 1.807) is 0 Å². The molecule has 11 aromatic carbocycles. The van der Waals surface area contributed by atoms with Crippen LogP contribution in [0.2, 0.25) is 0 Å². The number of hydrogen-bond acceptors (Lipinski definition) is 2. The van der Waals surface area contributed by atoms with Crippen molar-refractivity contribution in [2.75, 3.05) is 4.90 Å². The molecular weight excluding hydrogens is 739 g/mol. The van der Waals surface area contributed by atoms with Crippen molar-refractivity contribution in [3.8, 4) is 22.3 Å². The Morgan fingerprint density at radius 1 is 0.311 bits per heavy atom. The number of furan rings is 1. The number of hydrogen-bond donors (Lipinski definition) is 0. The first-order valence-electron chi connectivity index (χ1n) is 21.2. The van der Waals surface area contributed by atoms with Crippen LogP contribution in [0.15, 0.2) is 217 Å². The second kappa shape index (κ2) is 12.1. The van der Waals surface area contributed by atoms with Crippen molar-refractivity contribution in [3.05, 3.63) is 235 Å². The first-order valence-corrected chi connectivity index (χ1v) is 21.2. The van der Waals surface area contributed by atoms with Crippen LogP contribution in [0.5, 0.6) is 0 Å². The molecule has 1 aromatic heterocycles. The van der Waals surface area contributed by atoms with E-state index < -0.39 is 5.41 Å². The molecule has 12 aromatic rings. The zero-order chi connectivity index (χ0) is 39.8. The fourth-order valence-corrected chi connectivity index (χ4v) is 11.4. The smallest absolute Gasteiger partial charge is 0.136 e. The highest BCUT2D eigenvalue weighted by Gasteiger charge is 2.51. The molecule has 282 valence electrons. The van der Waals surface area contributed by atoms with Crippen LogP contribution in [0.25, 0.3) is 87.3 Å². The molecule has 0 saturated carbocycles. The van der Waals surface area contributed by atoms with Crippen LogP contribution in [-0.4, -0.2) is 0 Å². The molecule has 0 aliphatic heterocycles. The first-order chi connectivity index (χ1) is 30.3. The Kier molecular flexibility index (Phi) is 6.52. The van der Waals surface area contributed by atoms with E-state index in [1.807, 2.05) is 0 Å². The fourth-order valence-electron chi connectivity index (χ4n) is 11.4. The fraction of sp³-hybridized carbons (Fsp3) is 0.0169. The van der Waals surface area contributed by atoms with Gasteiger partial charge in [0.15, 0.2) is 0 Å². The van der Waals surface area contributed by atoms with E-state index in [4.69, 9.17) is 4.42 Å². The van der Waals surface area contributed by atoms with Gasteiger partial charge in [0.2, 0.25) is 0 Å². The van der Waals surface area contributed by atoms with E-state index in [0.717, 1.165) is 33.6 Å². The number of anilines is 3. The Hall–Kier alpha value is -7.94.